The van der Waals surface area contributed by atoms with Gasteiger partial charge in [0.2, 0.25) is 0 Å². The van der Waals surface area contributed by atoms with Crippen LogP contribution >= 0.6 is 11.8 Å². The van der Waals surface area contributed by atoms with E-state index >= 15 is 0 Å². The van der Waals surface area contributed by atoms with Gasteiger partial charge in [-0.05, 0) is 61.3 Å². The average molecular weight is 352 g/mol. The molecule has 2 aliphatic rings. The highest BCUT2D eigenvalue weighted by atomic mass is 32.2. The molecule has 0 unspecified atom stereocenters. The fourth-order valence-electron chi connectivity index (χ4n) is 4.97. The predicted octanol–water partition coefficient (Wildman–Crippen LogP) is 6.42. The number of thioether (sulfide) groups is 1. The molecule has 1 heterocycles. The second-order valence-corrected chi connectivity index (χ2v) is 10.4. The van der Waals surface area contributed by atoms with Crippen LogP contribution in [0.15, 0.2) is 53.4 Å². The van der Waals surface area contributed by atoms with E-state index in [1.54, 1.807) is 0 Å². The summed E-state index contributed by atoms with van der Waals surface area (Å²) in [6, 6.07) is 18.4. The van der Waals surface area contributed by atoms with E-state index in [1.807, 2.05) is 0 Å². The van der Waals surface area contributed by atoms with Gasteiger partial charge in [-0.25, -0.2) is 0 Å². The molecule has 0 bridgehead atoms. The Morgan fingerprint density at radius 3 is 2.56 bits per heavy atom. The van der Waals surface area contributed by atoms with E-state index in [-0.39, 0.29) is 5.41 Å². The highest BCUT2D eigenvalue weighted by molar-refractivity contribution is 8.00. The zero-order valence-electron chi connectivity index (χ0n) is 15.8. The summed E-state index contributed by atoms with van der Waals surface area (Å²) in [7, 11) is 0. The molecule has 0 aromatic heterocycles. The van der Waals surface area contributed by atoms with Gasteiger partial charge in [0.05, 0.1) is 0 Å². The van der Waals surface area contributed by atoms with Gasteiger partial charge in [-0.2, -0.15) is 0 Å². The Labute approximate surface area is 156 Å². The van der Waals surface area contributed by atoms with Crippen molar-refractivity contribution in [3.05, 3.63) is 59.7 Å². The molecule has 0 saturated heterocycles. The maximum absolute atomic E-state index is 3.91. The van der Waals surface area contributed by atoms with Crippen LogP contribution in [0.3, 0.4) is 0 Å². The zero-order valence-corrected chi connectivity index (χ0v) is 16.6. The van der Waals surface area contributed by atoms with Gasteiger partial charge in [-0.15, -0.1) is 11.8 Å². The molecule has 2 aromatic carbocycles. The Morgan fingerprint density at radius 2 is 1.80 bits per heavy atom. The van der Waals surface area contributed by atoms with Crippen LogP contribution in [0.2, 0.25) is 0 Å². The minimum atomic E-state index is 0.246. The van der Waals surface area contributed by atoms with E-state index in [2.05, 4.69) is 93.3 Å². The summed E-state index contributed by atoms with van der Waals surface area (Å²) >= 11 is 2.07. The highest BCUT2D eigenvalue weighted by Crippen LogP contribution is 2.53. The van der Waals surface area contributed by atoms with Crippen LogP contribution in [-0.2, 0) is 5.41 Å². The number of rotatable bonds is 2. The van der Waals surface area contributed by atoms with E-state index in [4.69, 9.17) is 0 Å². The smallest absolute Gasteiger partial charge is 0.0380 e. The van der Waals surface area contributed by atoms with E-state index < -0.39 is 0 Å². The van der Waals surface area contributed by atoms with Gasteiger partial charge < -0.3 is 5.32 Å². The van der Waals surface area contributed by atoms with Gasteiger partial charge in [-0.1, -0.05) is 56.7 Å². The molecular weight excluding hydrogens is 322 g/mol. The maximum Gasteiger partial charge on any atom is 0.0380 e. The summed E-state index contributed by atoms with van der Waals surface area (Å²) < 4.78 is 0.313. The minimum absolute atomic E-state index is 0.246. The molecule has 1 saturated carbocycles. The van der Waals surface area contributed by atoms with Crippen LogP contribution in [0.4, 0.5) is 5.69 Å². The lowest BCUT2D eigenvalue weighted by Crippen LogP contribution is -2.52. The fraction of sp³-hybridized carbons (Fsp3) is 0.478. The quantitative estimate of drug-likeness (QED) is 0.670. The van der Waals surface area contributed by atoms with E-state index in [0.717, 1.165) is 0 Å². The largest absolute Gasteiger partial charge is 0.382 e. The Bertz CT molecular complexity index is 767. The van der Waals surface area contributed by atoms with Crippen molar-refractivity contribution < 1.29 is 0 Å². The van der Waals surface area contributed by atoms with Crippen molar-refractivity contribution >= 4 is 17.4 Å². The lowest BCUT2D eigenvalue weighted by molar-refractivity contribution is 0.186. The molecule has 2 aromatic rings. The van der Waals surface area contributed by atoms with Crippen LogP contribution in [0.25, 0.3) is 0 Å². The second kappa shape index (κ2) is 6.09. The first-order chi connectivity index (χ1) is 11.9. The Kier molecular flexibility index (Phi) is 4.15. The summed E-state index contributed by atoms with van der Waals surface area (Å²) in [4.78, 5) is 1.40. The van der Waals surface area contributed by atoms with Gasteiger partial charge in [0.1, 0.15) is 0 Å². The Balaban J connectivity index is 1.61. The third-order valence-electron chi connectivity index (χ3n) is 6.37. The minimum Gasteiger partial charge on any atom is -0.382 e. The van der Waals surface area contributed by atoms with Crippen molar-refractivity contribution in [2.45, 2.75) is 68.1 Å². The van der Waals surface area contributed by atoms with Crippen molar-refractivity contribution in [2.75, 3.05) is 5.32 Å². The lowest BCUT2D eigenvalue weighted by Gasteiger charge is -2.52. The highest BCUT2D eigenvalue weighted by Gasteiger charge is 2.48. The van der Waals surface area contributed by atoms with Gasteiger partial charge in [0.25, 0.3) is 0 Å². The van der Waals surface area contributed by atoms with E-state index in [1.165, 1.54) is 41.0 Å². The van der Waals surface area contributed by atoms with Crippen molar-refractivity contribution in [2.24, 2.45) is 5.92 Å². The standard InChI is InChI=1S/C23H29NS/c1-16-10-11-20-19(14-16)22(2,3)18-12-13-23(4,15-21(18)24-20)25-17-8-6-5-7-9-17/h5-11,14,18,21,24H,12-13,15H2,1-4H3/t18-,21-,23-/m0/s1. The molecule has 3 atom stereocenters. The number of hydrogen-bond acceptors (Lipinski definition) is 2. The van der Waals surface area contributed by atoms with Gasteiger partial charge in [0.15, 0.2) is 0 Å². The average Bonchev–Trinajstić information content (AvgIpc) is 2.56. The fourth-order valence-corrected chi connectivity index (χ4v) is 6.31. The third-order valence-corrected chi connectivity index (χ3v) is 7.74. The second-order valence-electron chi connectivity index (χ2n) is 8.74. The summed E-state index contributed by atoms with van der Waals surface area (Å²) in [6.45, 7) is 9.57. The number of anilines is 1. The zero-order chi connectivity index (χ0) is 17.7. The number of benzene rings is 2. The van der Waals surface area contributed by atoms with Crippen LogP contribution in [0.5, 0.6) is 0 Å². The monoisotopic (exact) mass is 351 g/mol. The summed E-state index contributed by atoms with van der Waals surface area (Å²) in [5.74, 6) is 0.714. The van der Waals surface area contributed by atoms with E-state index in [0.29, 0.717) is 16.7 Å². The van der Waals surface area contributed by atoms with Gasteiger partial charge in [-0.3, -0.25) is 0 Å². The van der Waals surface area contributed by atoms with Crippen molar-refractivity contribution in [1.29, 1.82) is 0 Å². The SMILES string of the molecule is Cc1ccc2c(c1)C(C)(C)[C@H]1CC[C@](C)(Sc3ccccc3)C[C@@H]1N2. The number of aryl methyl sites for hydroxylation is 1. The number of fused-ring (bicyclic) bond motifs is 2. The normalized spacial score (nSPS) is 30.1. The molecule has 1 aliphatic carbocycles. The van der Waals surface area contributed by atoms with Gasteiger partial charge >= 0.3 is 0 Å². The van der Waals surface area contributed by atoms with Crippen molar-refractivity contribution in [3.63, 3.8) is 0 Å². The topological polar surface area (TPSA) is 12.0 Å². The summed E-state index contributed by atoms with van der Waals surface area (Å²) in [6.07, 6.45) is 3.82. The Hall–Kier alpha value is -1.41. The number of nitrogens with one attached hydrogen (secondary N) is 1. The molecular formula is C23H29NS. The first kappa shape index (κ1) is 17.0. The molecule has 25 heavy (non-hydrogen) atoms. The molecule has 132 valence electrons. The molecule has 0 radical (unpaired) electrons. The van der Waals surface area contributed by atoms with Crippen LogP contribution in [0.1, 0.15) is 51.2 Å². The molecule has 1 nitrogen and oxygen atoms in total. The van der Waals surface area contributed by atoms with Crippen LogP contribution in [-0.4, -0.2) is 10.8 Å². The van der Waals surface area contributed by atoms with Crippen molar-refractivity contribution in [1.82, 2.24) is 0 Å². The third kappa shape index (κ3) is 3.10. The molecule has 1 N–H and O–H groups in total. The van der Waals surface area contributed by atoms with Crippen LogP contribution in [0, 0.1) is 12.8 Å². The summed E-state index contributed by atoms with van der Waals surface area (Å²) in [5, 5.41) is 3.91. The molecule has 4 rings (SSSR count). The molecule has 0 amide bonds. The lowest BCUT2D eigenvalue weighted by atomic mass is 9.61. The molecule has 0 spiro atoms. The molecule has 2 heteroatoms. The first-order valence-corrected chi connectivity index (χ1v) is 10.3. The molecule has 1 aliphatic heterocycles. The maximum atomic E-state index is 3.91. The number of hydrogen-bond donors (Lipinski definition) is 1. The first-order valence-electron chi connectivity index (χ1n) is 9.49. The van der Waals surface area contributed by atoms with Gasteiger partial charge in [0, 0.05) is 21.4 Å². The predicted molar refractivity (Wildman–Crippen MR) is 110 cm³/mol. The van der Waals surface area contributed by atoms with Crippen molar-refractivity contribution in [3.8, 4) is 0 Å². The Morgan fingerprint density at radius 1 is 1.04 bits per heavy atom. The van der Waals surface area contributed by atoms with E-state index in [9.17, 15) is 0 Å². The molecule has 1 fully saturated rings. The summed E-state index contributed by atoms with van der Waals surface area (Å²) in [5.41, 5.74) is 4.47. The van der Waals surface area contributed by atoms with Crippen LogP contribution < -0.4 is 5.32 Å².